The van der Waals surface area contributed by atoms with Crippen molar-refractivity contribution in [1.82, 2.24) is 4.90 Å². The van der Waals surface area contributed by atoms with Gasteiger partial charge in [-0.3, -0.25) is 4.90 Å². The Labute approximate surface area is 88.2 Å². The van der Waals surface area contributed by atoms with Crippen LogP contribution in [-0.4, -0.2) is 31.1 Å². The zero-order chi connectivity index (χ0) is 10.4. The van der Waals surface area contributed by atoms with Gasteiger partial charge in [0.15, 0.2) is 0 Å². The van der Waals surface area contributed by atoms with Crippen molar-refractivity contribution in [3.63, 3.8) is 0 Å². The van der Waals surface area contributed by atoms with E-state index in [1.54, 1.807) is 0 Å². The lowest BCUT2D eigenvalue weighted by Gasteiger charge is -2.31. The first-order chi connectivity index (χ1) is 6.72. The van der Waals surface area contributed by atoms with Crippen molar-refractivity contribution in [2.24, 2.45) is 11.7 Å². The second-order valence-corrected chi connectivity index (χ2v) is 4.63. The van der Waals surface area contributed by atoms with E-state index < -0.39 is 0 Å². The first-order valence-electron chi connectivity index (χ1n) is 5.78. The summed E-state index contributed by atoms with van der Waals surface area (Å²) in [5, 5.41) is 0. The standard InChI is InChI=1S/C12H24N2/c1-11(2)6-9-14-8-3-4-12(10-14)5-7-13/h6,12H,3-5,7-10,13H2,1-2H3. The molecular formula is C12H24N2. The Balaban J connectivity index is 2.29. The summed E-state index contributed by atoms with van der Waals surface area (Å²) < 4.78 is 0. The van der Waals surface area contributed by atoms with Crippen LogP contribution in [0.5, 0.6) is 0 Å². The molecule has 0 aromatic rings. The van der Waals surface area contributed by atoms with Crippen LogP contribution in [0, 0.1) is 5.92 Å². The van der Waals surface area contributed by atoms with Crippen molar-refractivity contribution in [3.05, 3.63) is 11.6 Å². The molecule has 0 radical (unpaired) electrons. The summed E-state index contributed by atoms with van der Waals surface area (Å²) in [7, 11) is 0. The minimum absolute atomic E-state index is 0.847. The average Bonchev–Trinajstić information content (AvgIpc) is 2.16. The normalized spacial score (nSPS) is 23.5. The fourth-order valence-corrected chi connectivity index (χ4v) is 2.10. The van der Waals surface area contributed by atoms with Crippen LogP contribution in [-0.2, 0) is 0 Å². The fraction of sp³-hybridized carbons (Fsp3) is 0.833. The maximum Gasteiger partial charge on any atom is 0.0165 e. The predicted molar refractivity (Wildman–Crippen MR) is 62.3 cm³/mol. The molecule has 2 nitrogen and oxygen atoms in total. The van der Waals surface area contributed by atoms with E-state index in [0.29, 0.717) is 0 Å². The minimum Gasteiger partial charge on any atom is -0.330 e. The second kappa shape index (κ2) is 6.20. The van der Waals surface area contributed by atoms with Gasteiger partial charge in [0.05, 0.1) is 0 Å². The van der Waals surface area contributed by atoms with Crippen LogP contribution in [0.2, 0.25) is 0 Å². The molecule has 1 aliphatic rings. The molecule has 1 saturated heterocycles. The summed E-state index contributed by atoms with van der Waals surface area (Å²) in [5.41, 5.74) is 7.02. The summed E-state index contributed by atoms with van der Waals surface area (Å²) in [5.74, 6) is 0.847. The molecule has 0 bridgehead atoms. The van der Waals surface area contributed by atoms with Gasteiger partial charge in [0, 0.05) is 13.1 Å². The lowest BCUT2D eigenvalue weighted by molar-refractivity contribution is 0.185. The molecule has 0 aliphatic carbocycles. The van der Waals surface area contributed by atoms with Gasteiger partial charge < -0.3 is 5.73 Å². The Morgan fingerprint density at radius 2 is 2.29 bits per heavy atom. The molecule has 0 spiro atoms. The summed E-state index contributed by atoms with van der Waals surface area (Å²) in [4.78, 5) is 2.55. The molecule has 2 heteroatoms. The van der Waals surface area contributed by atoms with Crippen molar-refractivity contribution in [1.29, 1.82) is 0 Å². The van der Waals surface area contributed by atoms with Crippen LogP contribution in [0.4, 0.5) is 0 Å². The smallest absolute Gasteiger partial charge is 0.0165 e. The number of nitrogens with zero attached hydrogens (tertiary/aromatic N) is 1. The topological polar surface area (TPSA) is 29.3 Å². The number of likely N-dealkylation sites (tertiary alicyclic amines) is 1. The third-order valence-corrected chi connectivity index (χ3v) is 2.94. The predicted octanol–water partition coefficient (Wildman–Crippen LogP) is 2.01. The molecule has 0 saturated carbocycles. The van der Waals surface area contributed by atoms with Crippen LogP contribution in [0.3, 0.4) is 0 Å². The van der Waals surface area contributed by atoms with Gasteiger partial charge in [-0.1, -0.05) is 11.6 Å². The van der Waals surface area contributed by atoms with E-state index >= 15 is 0 Å². The van der Waals surface area contributed by atoms with E-state index in [1.807, 2.05) is 0 Å². The zero-order valence-corrected chi connectivity index (χ0v) is 9.63. The van der Waals surface area contributed by atoms with E-state index in [-0.39, 0.29) is 0 Å². The highest BCUT2D eigenvalue weighted by Crippen LogP contribution is 2.18. The molecule has 0 aromatic carbocycles. The molecule has 1 rings (SSSR count). The van der Waals surface area contributed by atoms with Crippen LogP contribution in [0.1, 0.15) is 33.1 Å². The largest absolute Gasteiger partial charge is 0.330 e. The fourth-order valence-electron chi connectivity index (χ4n) is 2.10. The van der Waals surface area contributed by atoms with E-state index in [4.69, 9.17) is 5.73 Å². The highest BCUT2D eigenvalue weighted by molar-refractivity contribution is 4.95. The zero-order valence-electron chi connectivity index (χ0n) is 9.63. The maximum atomic E-state index is 5.60. The summed E-state index contributed by atoms with van der Waals surface area (Å²) in [6.45, 7) is 8.83. The average molecular weight is 196 g/mol. The van der Waals surface area contributed by atoms with Gasteiger partial charge in [0.2, 0.25) is 0 Å². The molecular weight excluding hydrogens is 172 g/mol. The van der Waals surface area contributed by atoms with Gasteiger partial charge in [-0.05, 0) is 52.1 Å². The quantitative estimate of drug-likeness (QED) is 0.697. The second-order valence-electron chi connectivity index (χ2n) is 4.63. The van der Waals surface area contributed by atoms with E-state index in [9.17, 15) is 0 Å². The molecule has 1 aliphatic heterocycles. The van der Waals surface area contributed by atoms with Crippen molar-refractivity contribution >= 4 is 0 Å². The van der Waals surface area contributed by atoms with E-state index in [0.717, 1.165) is 19.0 Å². The van der Waals surface area contributed by atoms with Crippen LogP contribution in [0.15, 0.2) is 11.6 Å². The monoisotopic (exact) mass is 196 g/mol. The van der Waals surface area contributed by atoms with Gasteiger partial charge in [0.1, 0.15) is 0 Å². The van der Waals surface area contributed by atoms with Crippen LogP contribution >= 0.6 is 0 Å². The number of rotatable bonds is 4. The molecule has 1 fully saturated rings. The SMILES string of the molecule is CC(C)=CCN1CCCC(CCN)C1. The van der Waals surface area contributed by atoms with Crippen molar-refractivity contribution in [2.45, 2.75) is 33.1 Å². The molecule has 0 aromatic heterocycles. The lowest BCUT2D eigenvalue weighted by atomic mass is 9.95. The third kappa shape index (κ3) is 4.25. The van der Waals surface area contributed by atoms with Gasteiger partial charge in [-0.25, -0.2) is 0 Å². The first-order valence-corrected chi connectivity index (χ1v) is 5.78. The first kappa shape index (κ1) is 11.7. The van der Waals surface area contributed by atoms with Gasteiger partial charge in [-0.2, -0.15) is 0 Å². The summed E-state index contributed by atoms with van der Waals surface area (Å²) in [6.07, 6.45) is 6.25. The molecule has 1 unspecified atom stereocenters. The van der Waals surface area contributed by atoms with Crippen molar-refractivity contribution in [3.8, 4) is 0 Å². The maximum absolute atomic E-state index is 5.60. The summed E-state index contributed by atoms with van der Waals surface area (Å²) in [6, 6.07) is 0. The minimum atomic E-state index is 0.847. The van der Waals surface area contributed by atoms with Gasteiger partial charge >= 0.3 is 0 Å². The highest BCUT2D eigenvalue weighted by Gasteiger charge is 2.17. The number of allylic oxidation sites excluding steroid dienone is 1. The van der Waals surface area contributed by atoms with Gasteiger partial charge in [0.25, 0.3) is 0 Å². The number of hydrogen-bond acceptors (Lipinski definition) is 2. The Morgan fingerprint density at radius 3 is 2.93 bits per heavy atom. The van der Waals surface area contributed by atoms with Crippen molar-refractivity contribution < 1.29 is 0 Å². The van der Waals surface area contributed by atoms with Gasteiger partial charge in [-0.15, -0.1) is 0 Å². The molecule has 2 N–H and O–H groups in total. The molecule has 14 heavy (non-hydrogen) atoms. The Morgan fingerprint density at radius 1 is 1.50 bits per heavy atom. The highest BCUT2D eigenvalue weighted by atomic mass is 15.1. The van der Waals surface area contributed by atoms with Crippen LogP contribution in [0.25, 0.3) is 0 Å². The number of piperidine rings is 1. The molecule has 0 amide bonds. The van der Waals surface area contributed by atoms with Crippen LogP contribution < -0.4 is 5.73 Å². The molecule has 82 valence electrons. The molecule has 1 atom stereocenters. The Hall–Kier alpha value is -0.340. The Bertz CT molecular complexity index is 181. The van der Waals surface area contributed by atoms with E-state index in [2.05, 4.69) is 24.8 Å². The third-order valence-electron chi connectivity index (χ3n) is 2.94. The lowest BCUT2D eigenvalue weighted by Crippen LogP contribution is -2.36. The van der Waals surface area contributed by atoms with Crippen molar-refractivity contribution in [2.75, 3.05) is 26.2 Å². The Kier molecular flexibility index (Phi) is 5.20. The summed E-state index contributed by atoms with van der Waals surface area (Å²) >= 11 is 0. The molecule has 1 heterocycles. The number of nitrogens with two attached hydrogens (primary N) is 1. The van der Waals surface area contributed by atoms with E-state index in [1.165, 1.54) is 37.9 Å². The number of hydrogen-bond donors (Lipinski definition) is 1.